The molecule has 0 aliphatic heterocycles. The summed E-state index contributed by atoms with van der Waals surface area (Å²) < 4.78 is 14.3. The van der Waals surface area contributed by atoms with E-state index in [9.17, 15) is 24.3 Å². The SMILES string of the molecule is COC(=O)c1cc(NC(=O)COC(=O)c2cc3ccccc3cc2O)cc(C(=O)OC)c1. The predicted molar refractivity (Wildman–Crippen MR) is 114 cm³/mol. The smallest absolute Gasteiger partial charge is 0.342 e. The zero-order valence-corrected chi connectivity index (χ0v) is 17.2. The first kappa shape index (κ1) is 22.3. The second-order valence-electron chi connectivity index (χ2n) is 6.62. The molecule has 0 aliphatic rings. The molecule has 0 heterocycles. The van der Waals surface area contributed by atoms with Crippen LogP contribution in [0.5, 0.6) is 5.75 Å². The van der Waals surface area contributed by atoms with E-state index in [4.69, 9.17) is 4.74 Å². The van der Waals surface area contributed by atoms with Crippen molar-refractivity contribution in [2.75, 3.05) is 26.1 Å². The molecule has 164 valence electrons. The molecule has 3 aromatic carbocycles. The first-order valence-corrected chi connectivity index (χ1v) is 9.33. The summed E-state index contributed by atoms with van der Waals surface area (Å²) in [5.41, 5.74) is 0.0487. The Morgan fingerprint density at radius 2 is 1.38 bits per heavy atom. The Bertz CT molecular complexity index is 1180. The van der Waals surface area contributed by atoms with Crippen LogP contribution in [-0.4, -0.2) is 49.7 Å². The maximum Gasteiger partial charge on any atom is 0.342 e. The second kappa shape index (κ2) is 9.61. The molecule has 2 N–H and O–H groups in total. The molecule has 0 saturated carbocycles. The third-order valence-corrected chi connectivity index (χ3v) is 4.48. The van der Waals surface area contributed by atoms with Gasteiger partial charge in [0.15, 0.2) is 6.61 Å². The van der Waals surface area contributed by atoms with Gasteiger partial charge in [0.2, 0.25) is 0 Å². The van der Waals surface area contributed by atoms with Gasteiger partial charge in [0.25, 0.3) is 5.91 Å². The fourth-order valence-corrected chi connectivity index (χ4v) is 2.97. The van der Waals surface area contributed by atoms with Crippen LogP contribution in [0.15, 0.2) is 54.6 Å². The van der Waals surface area contributed by atoms with Gasteiger partial charge in [0, 0.05) is 5.69 Å². The zero-order valence-electron chi connectivity index (χ0n) is 17.2. The number of hydrogen-bond donors (Lipinski definition) is 2. The molecule has 9 heteroatoms. The molecule has 9 nitrogen and oxygen atoms in total. The third kappa shape index (κ3) is 5.01. The topological polar surface area (TPSA) is 128 Å². The van der Waals surface area contributed by atoms with Gasteiger partial charge < -0.3 is 24.6 Å². The number of carbonyl (C=O) groups excluding carboxylic acids is 4. The van der Waals surface area contributed by atoms with Crippen LogP contribution in [0.1, 0.15) is 31.1 Å². The summed E-state index contributed by atoms with van der Waals surface area (Å²) in [6.07, 6.45) is 0. The molecular weight excluding hydrogens is 418 g/mol. The average Bonchev–Trinajstić information content (AvgIpc) is 2.80. The van der Waals surface area contributed by atoms with Crippen molar-refractivity contribution in [1.82, 2.24) is 0 Å². The first-order valence-electron chi connectivity index (χ1n) is 9.33. The van der Waals surface area contributed by atoms with E-state index < -0.39 is 30.4 Å². The Balaban J connectivity index is 1.72. The number of hydrogen-bond acceptors (Lipinski definition) is 8. The summed E-state index contributed by atoms with van der Waals surface area (Å²) in [4.78, 5) is 48.3. The number of nitrogens with one attached hydrogen (secondary N) is 1. The van der Waals surface area contributed by atoms with Crippen LogP contribution in [0.25, 0.3) is 10.8 Å². The molecule has 0 atom stereocenters. The van der Waals surface area contributed by atoms with Crippen molar-refractivity contribution >= 4 is 40.3 Å². The number of methoxy groups -OCH3 is 2. The zero-order chi connectivity index (χ0) is 23.3. The van der Waals surface area contributed by atoms with Crippen LogP contribution in [0, 0.1) is 0 Å². The summed E-state index contributed by atoms with van der Waals surface area (Å²) in [6.45, 7) is -0.666. The molecule has 0 aliphatic carbocycles. The number of aromatic hydroxyl groups is 1. The first-order chi connectivity index (χ1) is 15.3. The van der Waals surface area contributed by atoms with Gasteiger partial charge in [-0.1, -0.05) is 24.3 Å². The van der Waals surface area contributed by atoms with E-state index in [0.717, 1.165) is 10.8 Å². The Morgan fingerprint density at radius 3 is 1.94 bits per heavy atom. The minimum Gasteiger partial charge on any atom is -0.507 e. The lowest BCUT2D eigenvalue weighted by Crippen LogP contribution is -2.21. The number of esters is 3. The Hall–Kier alpha value is -4.40. The Kier molecular flexibility index (Phi) is 6.69. The van der Waals surface area contributed by atoms with Gasteiger partial charge in [-0.05, 0) is 41.1 Å². The number of amides is 1. The van der Waals surface area contributed by atoms with Gasteiger partial charge in [-0.15, -0.1) is 0 Å². The third-order valence-electron chi connectivity index (χ3n) is 4.48. The van der Waals surface area contributed by atoms with E-state index in [1.54, 1.807) is 24.3 Å². The number of benzene rings is 3. The summed E-state index contributed by atoms with van der Waals surface area (Å²) in [6, 6.07) is 13.9. The van der Waals surface area contributed by atoms with E-state index in [1.807, 2.05) is 0 Å². The van der Waals surface area contributed by atoms with Gasteiger partial charge >= 0.3 is 17.9 Å². The summed E-state index contributed by atoms with van der Waals surface area (Å²) in [5.74, 6) is -3.32. The van der Waals surface area contributed by atoms with E-state index in [-0.39, 0.29) is 28.1 Å². The molecule has 0 fully saturated rings. The van der Waals surface area contributed by atoms with Gasteiger partial charge in [0.05, 0.1) is 25.3 Å². The van der Waals surface area contributed by atoms with Crippen molar-refractivity contribution in [1.29, 1.82) is 0 Å². The monoisotopic (exact) mass is 437 g/mol. The van der Waals surface area contributed by atoms with Crippen LogP contribution < -0.4 is 5.32 Å². The van der Waals surface area contributed by atoms with E-state index in [2.05, 4.69) is 14.8 Å². The highest BCUT2D eigenvalue weighted by molar-refractivity contribution is 6.02. The van der Waals surface area contributed by atoms with Crippen molar-refractivity contribution in [3.8, 4) is 5.75 Å². The molecule has 0 unspecified atom stereocenters. The van der Waals surface area contributed by atoms with Gasteiger partial charge in [0.1, 0.15) is 11.3 Å². The Labute approximate surface area is 182 Å². The van der Waals surface area contributed by atoms with Crippen molar-refractivity contribution in [2.45, 2.75) is 0 Å². The highest BCUT2D eigenvalue weighted by Gasteiger charge is 2.18. The summed E-state index contributed by atoms with van der Waals surface area (Å²) >= 11 is 0. The molecule has 0 bridgehead atoms. The number of rotatable bonds is 6. The quantitative estimate of drug-likeness (QED) is 0.445. The van der Waals surface area contributed by atoms with E-state index in [0.29, 0.717) is 0 Å². The van der Waals surface area contributed by atoms with Crippen molar-refractivity contribution in [3.63, 3.8) is 0 Å². The standard InChI is InChI=1S/C23H19NO8/c1-30-21(27)15-7-16(22(28)31-2)9-17(8-15)24-20(26)12-32-23(29)18-10-13-5-3-4-6-14(13)11-19(18)25/h3-11,25H,12H2,1-2H3,(H,24,26). The summed E-state index contributed by atoms with van der Waals surface area (Å²) in [5, 5.41) is 14.0. The predicted octanol–water partition coefficient (Wildman–Crippen LogP) is 2.91. The largest absolute Gasteiger partial charge is 0.507 e. The van der Waals surface area contributed by atoms with Crippen LogP contribution in [0.3, 0.4) is 0 Å². The number of fused-ring (bicyclic) bond motifs is 1. The number of anilines is 1. The van der Waals surface area contributed by atoms with Crippen molar-refractivity contribution < 1.29 is 38.5 Å². The lowest BCUT2D eigenvalue weighted by atomic mass is 10.1. The molecule has 3 rings (SSSR count). The lowest BCUT2D eigenvalue weighted by molar-refractivity contribution is -0.119. The lowest BCUT2D eigenvalue weighted by Gasteiger charge is -2.11. The molecule has 1 amide bonds. The number of ether oxygens (including phenoxy) is 3. The maximum atomic E-state index is 12.3. The van der Waals surface area contributed by atoms with Gasteiger partial charge in [-0.3, -0.25) is 4.79 Å². The fourth-order valence-electron chi connectivity index (χ4n) is 2.97. The second-order valence-corrected chi connectivity index (χ2v) is 6.62. The summed E-state index contributed by atoms with van der Waals surface area (Å²) in [7, 11) is 2.35. The highest BCUT2D eigenvalue weighted by Crippen LogP contribution is 2.25. The molecule has 0 saturated heterocycles. The normalized spacial score (nSPS) is 10.3. The van der Waals surface area contributed by atoms with Gasteiger partial charge in [-0.25, -0.2) is 14.4 Å². The van der Waals surface area contributed by atoms with Crippen LogP contribution in [0.2, 0.25) is 0 Å². The minimum absolute atomic E-state index is 0.0174. The fraction of sp³-hybridized carbons (Fsp3) is 0.130. The molecule has 32 heavy (non-hydrogen) atoms. The van der Waals surface area contributed by atoms with Crippen molar-refractivity contribution in [3.05, 3.63) is 71.3 Å². The van der Waals surface area contributed by atoms with Crippen LogP contribution in [-0.2, 0) is 19.0 Å². The average molecular weight is 437 g/mol. The number of phenolic OH excluding ortho intramolecular Hbond substituents is 1. The van der Waals surface area contributed by atoms with Crippen LogP contribution in [0.4, 0.5) is 5.69 Å². The van der Waals surface area contributed by atoms with E-state index in [1.165, 1.54) is 44.6 Å². The van der Waals surface area contributed by atoms with Crippen LogP contribution >= 0.6 is 0 Å². The molecule has 0 aromatic heterocycles. The maximum absolute atomic E-state index is 12.3. The molecule has 0 spiro atoms. The highest BCUT2D eigenvalue weighted by atomic mass is 16.5. The molecule has 3 aromatic rings. The Morgan fingerprint density at radius 1 is 0.812 bits per heavy atom. The number of phenols is 1. The van der Waals surface area contributed by atoms with Crippen molar-refractivity contribution in [2.24, 2.45) is 0 Å². The van der Waals surface area contributed by atoms with Gasteiger partial charge in [-0.2, -0.15) is 0 Å². The molecular formula is C23H19NO8. The van der Waals surface area contributed by atoms with E-state index >= 15 is 0 Å². The minimum atomic E-state index is -0.887. The molecule has 0 radical (unpaired) electrons. The number of carbonyl (C=O) groups is 4.